The summed E-state index contributed by atoms with van der Waals surface area (Å²) in [5.74, 6) is -0.00793. The fourth-order valence-corrected chi connectivity index (χ4v) is 2.48. The van der Waals surface area contributed by atoms with E-state index in [4.69, 9.17) is 4.74 Å². The topological polar surface area (TPSA) is 26.3 Å². The lowest BCUT2D eigenvalue weighted by atomic mass is 10.1. The van der Waals surface area contributed by atoms with Crippen LogP contribution in [0.15, 0.2) is 12.7 Å². The number of hydrogen-bond donors (Lipinski definition) is 0. The van der Waals surface area contributed by atoms with Crippen LogP contribution in [0, 0.1) is 0 Å². The monoisotopic (exact) mass is 296 g/mol. The smallest absolute Gasteiger partial charge is 0.306 e. The molecule has 0 aliphatic heterocycles. The molecule has 2 nitrogen and oxygen atoms in total. The zero-order valence-corrected chi connectivity index (χ0v) is 14.4. The normalized spacial score (nSPS) is 12.1. The third kappa shape index (κ3) is 13.9. The van der Waals surface area contributed by atoms with E-state index in [1.54, 1.807) is 0 Å². The predicted molar refractivity (Wildman–Crippen MR) is 91.4 cm³/mol. The Morgan fingerprint density at radius 1 is 1.00 bits per heavy atom. The summed E-state index contributed by atoms with van der Waals surface area (Å²) < 4.78 is 5.57. The molecule has 0 fully saturated rings. The number of ether oxygens (including phenoxy) is 1. The predicted octanol–water partition coefficient (Wildman–Crippen LogP) is 6.20. The number of esters is 1. The van der Waals surface area contributed by atoms with Gasteiger partial charge in [-0.3, -0.25) is 4.79 Å². The molecule has 1 atom stereocenters. The van der Waals surface area contributed by atoms with E-state index in [-0.39, 0.29) is 12.1 Å². The average Bonchev–Trinajstić information content (AvgIpc) is 2.49. The highest BCUT2D eigenvalue weighted by molar-refractivity contribution is 5.69. The minimum absolute atomic E-state index is 0.00793. The van der Waals surface area contributed by atoms with Crippen molar-refractivity contribution in [3.05, 3.63) is 12.7 Å². The molecule has 0 spiro atoms. The van der Waals surface area contributed by atoms with Crippen LogP contribution < -0.4 is 0 Å². The third-order valence-corrected chi connectivity index (χ3v) is 3.92. The SMILES string of the molecule is C=CCCCCCC(=O)OC(CC)CCCCCCCC. The third-order valence-electron chi connectivity index (χ3n) is 3.92. The number of hydrogen-bond acceptors (Lipinski definition) is 2. The summed E-state index contributed by atoms with van der Waals surface area (Å²) in [4.78, 5) is 11.8. The van der Waals surface area contributed by atoms with Gasteiger partial charge in [-0.2, -0.15) is 0 Å². The van der Waals surface area contributed by atoms with Gasteiger partial charge in [0.1, 0.15) is 6.10 Å². The lowest BCUT2D eigenvalue weighted by Crippen LogP contribution is -2.17. The van der Waals surface area contributed by atoms with Crippen molar-refractivity contribution in [2.45, 2.75) is 103 Å². The Hall–Kier alpha value is -0.790. The quantitative estimate of drug-likeness (QED) is 0.204. The molecule has 124 valence electrons. The molecule has 0 amide bonds. The highest BCUT2D eigenvalue weighted by Gasteiger charge is 2.11. The maximum absolute atomic E-state index is 11.8. The number of unbranched alkanes of at least 4 members (excludes halogenated alkanes) is 8. The highest BCUT2D eigenvalue weighted by atomic mass is 16.5. The molecular formula is C19H36O2. The van der Waals surface area contributed by atoms with E-state index >= 15 is 0 Å². The Morgan fingerprint density at radius 3 is 2.33 bits per heavy atom. The fourth-order valence-electron chi connectivity index (χ4n) is 2.48. The molecule has 21 heavy (non-hydrogen) atoms. The number of carbonyl (C=O) groups excluding carboxylic acids is 1. The molecule has 0 bridgehead atoms. The number of carbonyl (C=O) groups is 1. The van der Waals surface area contributed by atoms with Crippen LogP contribution in [0.1, 0.15) is 97.3 Å². The van der Waals surface area contributed by atoms with E-state index in [1.807, 2.05) is 6.08 Å². The number of rotatable bonds is 15. The first-order valence-corrected chi connectivity index (χ1v) is 9.04. The molecule has 0 N–H and O–H groups in total. The molecule has 0 aromatic carbocycles. The summed E-state index contributed by atoms with van der Waals surface area (Å²) in [5.41, 5.74) is 0. The van der Waals surface area contributed by atoms with Gasteiger partial charge in [-0.15, -0.1) is 6.58 Å². The van der Waals surface area contributed by atoms with Crippen LogP contribution in [0.2, 0.25) is 0 Å². The van der Waals surface area contributed by atoms with Crippen molar-refractivity contribution in [2.24, 2.45) is 0 Å². The van der Waals surface area contributed by atoms with Gasteiger partial charge in [0.2, 0.25) is 0 Å². The minimum Gasteiger partial charge on any atom is -0.462 e. The zero-order valence-electron chi connectivity index (χ0n) is 14.4. The van der Waals surface area contributed by atoms with Gasteiger partial charge < -0.3 is 4.74 Å². The van der Waals surface area contributed by atoms with E-state index < -0.39 is 0 Å². The molecule has 0 aromatic rings. The summed E-state index contributed by atoms with van der Waals surface area (Å²) >= 11 is 0. The van der Waals surface area contributed by atoms with Crippen LogP contribution >= 0.6 is 0 Å². The largest absolute Gasteiger partial charge is 0.462 e. The van der Waals surface area contributed by atoms with Crippen LogP contribution in [-0.2, 0) is 9.53 Å². The van der Waals surface area contributed by atoms with Gasteiger partial charge in [0.25, 0.3) is 0 Å². The first kappa shape index (κ1) is 20.2. The maximum Gasteiger partial charge on any atom is 0.306 e. The first-order chi connectivity index (χ1) is 10.2. The van der Waals surface area contributed by atoms with Gasteiger partial charge in [0.05, 0.1) is 0 Å². The van der Waals surface area contributed by atoms with Crippen LogP contribution in [-0.4, -0.2) is 12.1 Å². The molecular weight excluding hydrogens is 260 g/mol. The van der Waals surface area contributed by atoms with Crippen molar-refractivity contribution in [3.8, 4) is 0 Å². The van der Waals surface area contributed by atoms with E-state index in [1.165, 1.54) is 38.5 Å². The molecule has 0 rings (SSSR count). The Morgan fingerprint density at radius 2 is 1.67 bits per heavy atom. The molecule has 0 radical (unpaired) electrons. The van der Waals surface area contributed by atoms with Gasteiger partial charge in [-0.25, -0.2) is 0 Å². The molecule has 0 saturated heterocycles. The van der Waals surface area contributed by atoms with E-state index in [0.717, 1.165) is 38.5 Å². The van der Waals surface area contributed by atoms with Crippen molar-refractivity contribution in [1.82, 2.24) is 0 Å². The van der Waals surface area contributed by atoms with Gasteiger partial charge >= 0.3 is 5.97 Å². The van der Waals surface area contributed by atoms with Crippen LogP contribution in [0.5, 0.6) is 0 Å². The second-order valence-electron chi connectivity index (χ2n) is 5.96. The maximum atomic E-state index is 11.8. The second kappa shape index (κ2) is 15.6. The van der Waals surface area contributed by atoms with Crippen molar-refractivity contribution in [1.29, 1.82) is 0 Å². The van der Waals surface area contributed by atoms with Crippen LogP contribution in [0.3, 0.4) is 0 Å². The van der Waals surface area contributed by atoms with Crippen molar-refractivity contribution < 1.29 is 9.53 Å². The molecule has 1 unspecified atom stereocenters. The first-order valence-electron chi connectivity index (χ1n) is 9.04. The molecule has 0 heterocycles. The summed E-state index contributed by atoms with van der Waals surface area (Å²) in [6.07, 6.45) is 16.6. The summed E-state index contributed by atoms with van der Waals surface area (Å²) in [6.45, 7) is 8.05. The summed E-state index contributed by atoms with van der Waals surface area (Å²) in [7, 11) is 0. The van der Waals surface area contributed by atoms with E-state index in [2.05, 4.69) is 20.4 Å². The highest BCUT2D eigenvalue weighted by Crippen LogP contribution is 2.14. The van der Waals surface area contributed by atoms with E-state index in [0.29, 0.717) is 6.42 Å². The van der Waals surface area contributed by atoms with Gasteiger partial charge in [-0.05, 0) is 38.5 Å². The molecule has 0 aromatic heterocycles. The standard InChI is InChI=1S/C19H36O2/c1-4-7-9-11-13-14-16-18(6-3)21-19(20)17-15-12-10-8-5-2/h5,18H,2,4,6-17H2,1,3H3. The molecule has 0 aliphatic carbocycles. The van der Waals surface area contributed by atoms with Gasteiger partial charge in [0, 0.05) is 6.42 Å². The number of allylic oxidation sites excluding steroid dienone is 1. The molecule has 0 saturated carbocycles. The zero-order chi connectivity index (χ0) is 15.8. The average molecular weight is 296 g/mol. The van der Waals surface area contributed by atoms with Crippen LogP contribution in [0.25, 0.3) is 0 Å². The lowest BCUT2D eigenvalue weighted by Gasteiger charge is -2.16. The van der Waals surface area contributed by atoms with Crippen molar-refractivity contribution >= 4 is 5.97 Å². The second-order valence-corrected chi connectivity index (χ2v) is 5.96. The summed E-state index contributed by atoms with van der Waals surface area (Å²) in [6, 6.07) is 0. The fraction of sp³-hybridized carbons (Fsp3) is 0.842. The Balaban J connectivity index is 3.57. The van der Waals surface area contributed by atoms with Gasteiger partial charge in [0.15, 0.2) is 0 Å². The van der Waals surface area contributed by atoms with E-state index in [9.17, 15) is 4.79 Å². The molecule has 2 heteroatoms. The van der Waals surface area contributed by atoms with Gasteiger partial charge in [-0.1, -0.05) is 58.4 Å². The minimum atomic E-state index is -0.00793. The molecule has 0 aliphatic rings. The van der Waals surface area contributed by atoms with Crippen molar-refractivity contribution in [2.75, 3.05) is 0 Å². The summed E-state index contributed by atoms with van der Waals surface area (Å²) in [5, 5.41) is 0. The Bertz CT molecular complexity index is 248. The lowest BCUT2D eigenvalue weighted by molar-refractivity contribution is -0.149. The Labute approximate surface area is 132 Å². The van der Waals surface area contributed by atoms with Crippen molar-refractivity contribution in [3.63, 3.8) is 0 Å². The Kier molecular flexibility index (Phi) is 15.0. The van der Waals surface area contributed by atoms with Crippen LogP contribution in [0.4, 0.5) is 0 Å².